The predicted octanol–water partition coefficient (Wildman–Crippen LogP) is 4.41. The molecule has 0 amide bonds. The van der Waals surface area contributed by atoms with Crippen LogP contribution in [0.2, 0.25) is 0 Å². The van der Waals surface area contributed by atoms with Crippen LogP contribution in [0.5, 0.6) is 0 Å². The first-order chi connectivity index (χ1) is 14.2. The van der Waals surface area contributed by atoms with Gasteiger partial charge < -0.3 is 4.74 Å². The summed E-state index contributed by atoms with van der Waals surface area (Å²) in [4.78, 5) is 15.0. The number of aryl methyl sites for hydroxylation is 1. The van der Waals surface area contributed by atoms with Crippen molar-refractivity contribution in [2.75, 3.05) is 14.2 Å². The average Bonchev–Trinajstić information content (AvgIpc) is 2.99. The van der Waals surface area contributed by atoms with Gasteiger partial charge in [-0.25, -0.2) is 0 Å². The van der Waals surface area contributed by atoms with E-state index >= 15 is 0 Å². The third-order valence-electron chi connectivity index (χ3n) is 6.70. The summed E-state index contributed by atoms with van der Waals surface area (Å²) in [6.45, 7) is 0. The summed E-state index contributed by atoms with van der Waals surface area (Å²) in [6.07, 6.45) is 5.12. The monoisotopic (exact) mass is 387 g/mol. The van der Waals surface area contributed by atoms with E-state index < -0.39 is 0 Å². The molecular weight excluding hydrogens is 358 g/mol. The predicted molar refractivity (Wildman–Crippen MR) is 116 cm³/mol. The molecule has 3 heteroatoms. The zero-order chi connectivity index (χ0) is 20.2. The van der Waals surface area contributed by atoms with Crippen molar-refractivity contribution in [1.29, 1.82) is 0 Å². The summed E-state index contributed by atoms with van der Waals surface area (Å²) < 4.78 is 5.18. The molecular formula is C26H29NO2. The molecule has 3 nitrogen and oxygen atoms in total. The number of nitrogens with zero attached hydrogens (tertiary/aromatic N) is 1. The first kappa shape index (κ1) is 19.7. The van der Waals surface area contributed by atoms with Crippen LogP contribution in [0.4, 0.5) is 0 Å². The summed E-state index contributed by atoms with van der Waals surface area (Å²) >= 11 is 0. The van der Waals surface area contributed by atoms with Crippen LogP contribution in [-0.2, 0) is 16.0 Å². The Labute approximate surface area is 174 Å². The number of carbonyl (C=O) groups is 1. The van der Waals surface area contributed by atoms with Crippen molar-refractivity contribution in [3.63, 3.8) is 0 Å². The van der Waals surface area contributed by atoms with E-state index in [9.17, 15) is 4.79 Å². The topological polar surface area (TPSA) is 29.5 Å². The molecule has 150 valence electrons. The molecule has 0 spiro atoms. The van der Waals surface area contributed by atoms with Crippen molar-refractivity contribution in [2.24, 2.45) is 5.92 Å². The second kappa shape index (κ2) is 8.84. The summed E-state index contributed by atoms with van der Waals surface area (Å²) in [6, 6.07) is 19.8. The van der Waals surface area contributed by atoms with Crippen LogP contribution in [0.3, 0.4) is 0 Å². The van der Waals surface area contributed by atoms with E-state index in [1.54, 1.807) is 0 Å². The summed E-state index contributed by atoms with van der Waals surface area (Å²) in [5, 5.41) is 0. The van der Waals surface area contributed by atoms with Gasteiger partial charge in [0.2, 0.25) is 0 Å². The van der Waals surface area contributed by atoms with E-state index in [0.717, 1.165) is 31.2 Å². The molecule has 2 bridgehead atoms. The molecule has 0 N–H and O–H groups in total. The second-order valence-electron chi connectivity index (χ2n) is 8.26. The van der Waals surface area contributed by atoms with E-state index in [1.807, 2.05) is 6.07 Å². The fourth-order valence-electron chi connectivity index (χ4n) is 5.10. The van der Waals surface area contributed by atoms with Gasteiger partial charge in [0.1, 0.15) is 0 Å². The third kappa shape index (κ3) is 4.23. The highest BCUT2D eigenvalue weighted by atomic mass is 16.5. The van der Waals surface area contributed by atoms with Crippen molar-refractivity contribution >= 4 is 5.97 Å². The van der Waals surface area contributed by atoms with Gasteiger partial charge in [0.15, 0.2) is 0 Å². The normalized spacial score (nSPS) is 25.9. The van der Waals surface area contributed by atoms with Crippen molar-refractivity contribution < 1.29 is 9.53 Å². The smallest absolute Gasteiger partial charge is 0.310 e. The van der Waals surface area contributed by atoms with E-state index in [0.29, 0.717) is 12.1 Å². The molecule has 0 saturated carbocycles. The van der Waals surface area contributed by atoms with Gasteiger partial charge in [-0.2, -0.15) is 0 Å². The van der Waals surface area contributed by atoms with E-state index in [2.05, 4.69) is 72.3 Å². The number of hydrogen-bond donors (Lipinski definition) is 0. The van der Waals surface area contributed by atoms with Gasteiger partial charge in [-0.15, -0.1) is 0 Å². The number of hydrogen-bond acceptors (Lipinski definition) is 3. The minimum Gasteiger partial charge on any atom is -0.469 e. The standard InChI is InChI=1S/C26H29NO2/c1-27-22-16-17-24(27)25(26(28)29-2)23(18-22)21-14-12-20(13-15-21)11-7-6-10-19-8-4-3-5-9-19/h3-5,8-9,12-15,22-25H,6,10,16-18H2,1-2H3/t22-,23+,24+,25-/m0/s1. The van der Waals surface area contributed by atoms with E-state index in [-0.39, 0.29) is 17.8 Å². The third-order valence-corrected chi connectivity index (χ3v) is 6.70. The van der Waals surface area contributed by atoms with Crippen LogP contribution in [0.1, 0.15) is 48.3 Å². The fraction of sp³-hybridized carbons (Fsp3) is 0.423. The van der Waals surface area contributed by atoms with Crippen molar-refractivity contribution in [2.45, 2.75) is 50.1 Å². The molecule has 2 aliphatic rings. The summed E-state index contributed by atoms with van der Waals surface area (Å²) in [5.41, 5.74) is 3.59. The Morgan fingerprint density at radius 3 is 2.59 bits per heavy atom. The molecule has 2 aliphatic heterocycles. The molecule has 2 heterocycles. The van der Waals surface area contributed by atoms with Crippen LogP contribution < -0.4 is 0 Å². The van der Waals surface area contributed by atoms with Gasteiger partial charge in [-0.1, -0.05) is 54.3 Å². The molecule has 2 fully saturated rings. The first-order valence-electron chi connectivity index (χ1n) is 10.6. The van der Waals surface area contributed by atoms with Crippen molar-refractivity contribution in [3.8, 4) is 11.8 Å². The fourth-order valence-corrected chi connectivity index (χ4v) is 5.10. The maximum Gasteiger partial charge on any atom is 0.310 e. The molecule has 2 saturated heterocycles. The average molecular weight is 388 g/mol. The van der Waals surface area contributed by atoms with Crippen LogP contribution >= 0.6 is 0 Å². The van der Waals surface area contributed by atoms with Gasteiger partial charge in [0.25, 0.3) is 0 Å². The Kier molecular flexibility index (Phi) is 6.02. The van der Waals surface area contributed by atoms with Crippen LogP contribution in [0, 0.1) is 17.8 Å². The molecule has 2 aromatic carbocycles. The minimum absolute atomic E-state index is 0.0722. The lowest BCUT2D eigenvalue weighted by molar-refractivity contribution is -0.150. The van der Waals surface area contributed by atoms with Crippen molar-refractivity contribution in [3.05, 3.63) is 71.3 Å². The Hall–Kier alpha value is -2.57. The molecule has 4 atom stereocenters. The zero-order valence-corrected chi connectivity index (χ0v) is 17.3. The van der Waals surface area contributed by atoms with Crippen molar-refractivity contribution in [1.82, 2.24) is 4.90 Å². The molecule has 0 radical (unpaired) electrons. The van der Waals surface area contributed by atoms with Gasteiger partial charge in [-0.3, -0.25) is 9.69 Å². The number of fused-ring (bicyclic) bond motifs is 2. The van der Waals surface area contributed by atoms with Gasteiger partial charge >= 0.3 is 5.97 Å². The number of piperidine rings is 1. The number of ether oxygens (including phenoxy) is 1. The lowest BCUT2D eigenvalue weighted by atomic mass is 9.76. The maximum absolute atomic E-state index is 12.6. The lowest BCUT2D eigenvalue weighted by Crippen LogP contribution is -2.49. The van der Waals surface area contributed by atoms with Crippen LogP contribution in [-0.4, -0.2) is 37.1 Å². The second-order valence-corrected chi connectivity index (χ2v) is 8.26. The highest BCUT2D eigenvalue weighted by molar-refractivity contribution is 5.75. The van der Waals surface area contributed by atoms with E-state index in [1.165, 1.54) is 24.7 Å². The molecule has 29 heavy (non-hydrogen) atoms. The summed E-state index contributed by atoms with van der Waals surface area (Å²) in [5.74, 6) is 6.64. The minimum atomic E-state index is -0.0773. The number of esters is 1. The molecule has 2 aromatic rings. The van der Waals surface area contributed by atoms with Gasteiger partial charge in [0, 0.05) is 30.0 Å². The van der Waals surface area contributed by atoms with Crippen LogP contribution in [0.15, 0.2) is 54.6 Å². The summed E-state index contributed by atoms with van der Waals surface area (Å²) in [7, 11) is 3.66. The highest BCUT2D eigenvalue weighted by Gasteiger charge is 2.49. The largest absolute Gasteiger partial charge is 0.469 e. The molecule has 0 aliphatic carbocycles. The van der Waals surface area contributed by atoms with E-state index in [4.69, 9.17) is 4.74 Å². The molecule has 0 aromatic heterocycles. The zero-order valence-electron chi connectivity index (χ0n) is 17.3. The Bertz CT molecular complexity index is 894. The number of benzene rings is 2. The Morgan fingerprint density at radius 1 is 1.10 bits per heavy atom. The Morgan fingerprint density at radius 2 is 1.86 bits per heavy atom. The van der Waals surface area contributed by atoms with Gasteiger partial charge in [0.05, 0.1) is 13.0 Å². The molecule has 0 unspecified atom stereocenters. The highest BCUT2D eigenvalue weighted by Crippen LogP contribution is 2.46. The quantitative estimate of drug-likeness (QED) is 0.575. The lowest BCUT2D eigenvalue weighted by Gasteiger charge is -2.41. The Balaban J connectivity index is 1.44. The SMILES string of the molecule is COC(=O)[C@H]1[C@@H](c2ccc(C#CCCc3ccccc3)cc2)C[C@@H]2CC[C@H]1N2C. The number of rotatable bonds is 4. The van der Waals surface area contributed by atoms with Gasteiger partial charge in [-0.05, 0) is 56.0 Å². The first-order valence-corrected chi connectivity index (χ1v) is 10.6. The maximum atomic E-state index is 12.6. The van der Waals surface area contributed by atoms with Crippen LogP contribution in [0.25, 0.3) is 0 Å². The number of methoxy groups -OCH3 is 1. The number of carbonyl (C=O) groups excluding carboxylic acids is 1. The molecule has 4 rings (SSSR count).